The van der Waals surface area contributed by atoms with Crippen LogP contribution in [0, 0.1) is 0 Å². The minimum Gasteiger partial charge on any atom is -0.497 e. The first-order valence-corrected chi connectivity index (χ1v) is 11.0. The van der Waals surface area contributed by atoms with Crippen molar-refractivity contribution in [1.29, 1.82) is 0 Å². The van der Waals surface area contributed by atoms with Crippen LogP contribution in [0.3, 0.4) is 0 Å². The monoisotopic (exact) mass is 427 g/mol. The van der Waals surface area contributed by atoms with Crippen LogP contribution in [0.4, 0.5) is 17.1 Å². The van der Waals surface area contributed by atoms with Gasteiger partial charge in [0.25, 0.3) is 0 Å². The van der Waals surface area contributed by atoms with Crippen molar-refractivity contribution in [2.75, 3.05) is 31.9 Å². The molecule has 158 valence electrons. The lowest BCUT2D eigenvalue weighted by Crippen LogP contribution is -2.10. The Morgan fingerprint density at radius 2 is 1.07 bits per heavy atom. The molecule has 0 aliphatic rings. The van der Waals surface area contributed by atoms with Gasteiger partial charge in [-0.1, -0.05) is 0 Å². The fourth-order valence-electron chi connectivity index (χ4n) is 3.00. The molecular formula is C23H26NO5P. The van der Waals surface area contributed by atoms with Gasteiger partial charge in [0, 0.05) is 23.2 Å². The third-order valence-electron chi connectivity index (χ3n) is 4.53. The number of anilines is 3. The van der Waals surface area contributed by atoms with Crippen LogP contribution in [0.25, 0.3) is 0 Å². The molecule has 0 aliphatic carbocycles. The van der Waals surface area contributed by atoms with Crippen molar-refractivity contribution in [3.8, 4) is 17.2 Å². The predicted octanol–water partition coefficient (Wildman–Crippen LogP) is 5.24. The van der Waals surface area contributed by atoms with Gasteiger partial charge in [-0.05, 0) is 79.2 Å². The lowest BCUT2D eigenvalue weighted by atomic mass is 10.2. The van der Waals surface area contributed by atoms with E-state index in [0.29, 0.717) is 19.2 Å². The molecule has 0 heterocycles. The third-order valence-corrected chi connectivity index (χ3v) is 5.24. The van der Waals surface area contributed by atoms with Crippen LogP contribution in [-0.2, 0) is 0 Å². The molecule has 0 fully saturated rings. The van der Waals surface area contributed by atoms with Crippen LogP contribution in [-0.4, -0.2) is 36.8 Å². The average Bonchev–Trinajstić information content (AvgIpc) is 2.78. The summed E-state index contributed by atoms with van der Waals surface area (Å²) >= 11 is 0. The van der Waals surface area contributed by atoms with Crippen molar-refractivity contribution >= 4 is 25.4 Å². The van der Waals surface area contributed by atoms with Gasteiger partial charge in [-0.2, -0.15) is 0 Å². The van der Waals surface area contributed by atoms with Gasteiger partial charge in [0.15, 0.2) is 8.38 Å². The first-order valence-electron chi connectivity index (χ1n) is 9.57. The summed E-state index contributed by atoms with van der Waals surface area (Å²) in [5.74, 6) is 2.33. The maximum atomic E-state index is 8.97. The van der Waals surface area contributed by atoms with E-state index < -0.39 is 8.38 Å². The van der Waals surface area contributed by atoms with Crippen LogP contribution in [0.15, 0.2) is 72.8 Å². The zero-order valence-corrected chi connectivity index (χ0v) is 18.0. The highest BCUT2D eigenvalue weighted by Gasteiger charge is 2.13. The molecule has 3 rings (SSSR count). The number of methoxy groups -OCH3 is 2. The summed E-state index contributed by atoms with van der Waals surface area (Å²) in [5, 5.41) is 0. The molecule has 0 saturated carbocycles. The van der Waals surface area contributed by atoms with E-state index in [1.54, 1.807) is 14.2 Å². The van der Waals surface area contributed by atoms with E-state index in [-0.39, 0.29) is 0 Å². The Hall–Kier alpha value is -2.79. The lowest BCUT2D eigenvalue weighted by Gasteiger charge is -2.26. The molecule has 0 aliphatic heterocycles. The zero-order valence-electron chi connectivity index (χ0n) is 17.1. The maximum absolute atomic E-state index is 8.97. The van der Waals surface area contributed by atoms with Gasteiger partial charge in [-0.3, -0.25) is 0 Å². The van der Waals surface area contributed by atoms with Crippen molar-refractivity contribution in [2.24, 2.45) is 0 Å². The SMILES string of the molecule is COc1ccc(N(c2ccc(OC)cc2)c2ccc(OCCCP(O)O)cc2)cc1. The Balaban J connectivity index is 1.83. The van der Waals surface area contributed by atoms with Crippen LogP contribution in [0.2, 0.25) is 0 Å². The second-order valence-corrected chi connectivity index (χ2v) is 7.72. The second kappa shape index (κ2) is 10.8. The molecule has 0 bridgehead atoms. The lowest BCUT2D eigenvalue weighted by molar-refractivity contribution is 0.315. The number of nitrogens with zero attached hydrogens (tertiary/aromatic N) is 1. The van der Waals surface area contributed by atoms with Gasteiger partial charge < -0.3 is 28.9 Å². The van der Waals surface area contributed by atoms with Gasteiger partial charge in [-0.15, -0.1) is 0 Å². The number of hydrogen-bond acceptors (Lipinski definition) is 6. The molecule has 0 atom stereocenters. The summed E-state index contributed by atoms with van der Waals surface area (Å²) in [4.78, 5) is 20.1. The standard InChI is InChI=1S/C23H26NO5P/c1-27-21-10-4-18(5-11-21)24(19-6-12-22(28-2)13-7-19)20-8-14-23(15-9-20)29-16-3-17-30(25)26/h4-15,25-26H,3,16-17H2,1-2H3. The van der Waals surface area contributed by atoms with E-state index in [1.165, 1.54) is 0 Å². The van der Waals surface area contributed by atoms with Crippen molar-refractivity contribution < 1.29 is 24.0 Å². The highest BCUT2D eigenvalue weighted by atomic mass is 31.2. The fourth-order valence-corrected chi connectivity index (χ4v) is 3.41. The molecule has 0 radical (unpaired) electrons. The van der Waals surface area contributed by atoms with Crippen LogP contribution in [0.5, 0.6) is 17.2 Å². The maximum Gasteiger partial charge on any atom is 0.165 e. The Kier molecular flexibility index (Phi) is 7.91. The van der Waals surface area contributed by atoms with Crippen molar-refractivity contribution in [3.05, 3.63) is 72.8 Å². The number of benzene rings is 3. The van der Waals surface area contributed by atoms with Gasteiger partial charge in [-0.25, -0.2) is 0 Å². The van der Waals surface area contributed by atoms with Crippen molar-refractivity contribution in [1.82, 2.24) is 0 Å². The van der Waals surface area contributed by atoms with Gasteiger partial charge in [0.05, 0.1) is 20.8 Å². The Morgan fingerprint density at radius 3 is 1.43 bits per heavy atom. The van der Waals surface area contributed by atoms with E-state index in [9.17, 15) is 0 Å². The minimum absolute atomic E-state index is 0.357. The van der Waals surface area contributed by atoms with Gasteiger partial charge >= 0.3 is 0 Å². The molecular weight excluding hydrogens is 401 g/mol. The van der Waals surface area contributed by atoms with Gasteiger partial charge in [0.1, 0.15) is 17.2 Å². The summed E-state index contributed by atoms with van der Waals surface area (Å²) in [5.41, 5.74) is 2.97. The van der Waals surface area contributed by atoms with Gasteiger partial charge in [0.2, 0.25) is 0 Å². The molecule has 0 saturated heterocycles. The first kappa shape index (κ1) is 21.9. The smallest absolute Gasteiger partial charge is 0.165 e. The van der Waals surface area contributed by atoms with E-state index in [1.807, 2.05) is 72.8 Å². The van der Waals surface area contributed by atoms with Crippen molar-refractivity contribution in [3.63, 3.8) is 0 Å². The van der Waals surface area contributed by atoms with Crippen LogP contribution >= 0.6 is 8.38 Å². The Bertz CT molecular complexity index is 851. The Labute approximate surface area is 178 Å². The Morgan fingerprint density at radius 1 is 0.667 bits per heavy atom. The van der Waals surface area contributed by atoms with E-state index in [4.69, 9.17) is 24.0 Å². The molecule has 2 N–H and O–H groups in total. The second-order valence-electron chi connectivity index (χ2n) is 6.52. The zero-order chi connectivity index (χ0) is 21.3. The van der Waals surface area contributed by atoms with E-state index >= 15 is 0 Å². The highest BCUT2D eigenvalue weighted by molar-refractivity contribution is 7.45. The van der Waals surface area contributed by atoms with E-state index in [2.05, 4.69) is 4.90 Å². The number of rotatable bonds is 10. The molecule has 0 amide bonds. The molecule has 0 aromatic heterocycles. The molecule has 3 aromatic carbocycles. The highest BCUT2D eigenvalue weighted by Crippen LogP contribution is 2.36. The normalized spacial score (nSPS) is 10.7. The largest absolute Gasteiger partial charge is 0.497 e. The minimum atomic E-state index is -1.86. The van der Waals surface area contributed by atoms with Crippen molar-refractivity contribution in [2.45, 2.75) is 6.42 Å². The summed E-state index contributed by atoms with van der Waals surface area (Å²) < 4.78 is 16.3. The summed E-state index contributed by atoms with van der Waals surface area (Å²) in [6.07, 6.45) is 0.959. The quantitative estimate of drug-likeness (QED) is 0.341. The third kappa shape index (κ3) is 5.86. The number of hydrogen-bond donors (Lipinski definition) is 2. The summed E-state index contributed by atoms with van der Waals surface area (Å²) in [6.45, 7) is 0.444. The molecule has 3 aromatic rings. The van der Waals surface area contributed by atoms with Crippen LogP contribution < -0.4 is 19.1 Å². The molecule has 0 unspecified atom stereocenters. The van der Waals surface area contributed by atoms with Crippen LogP contribution in [0.1, 0.15) is 6.42 Å². The number of ether oxygens (including phenoxy) is 3. The molecule has 30 heavy (non-hydrogen) atoms. The molecule has 0 spiro atoms. The fraction of sp³-hybridized carbons (Fsp3) is 0.217. The molecule has 7 heteroatoms. The molecule has 6 nitrogen and oxygen atoms in total. The topological polar surface area (TPSA) is 71.4 Å². The predicted molar refractivity (Wildman–Crippen MR) is 121 cm³/mol. The summed E-state index contributed by atoms with van der Waals surface area (Å²) in [7, 11) is 1.44. The average molecular weight is 427 g/mol. The first-order chi connectivity index (χ1) is 14.6. The van der Waals surface area contributed by atoms with E-state index in [0.717, 1.165) is 34.3 Å². The summed E-state index contributed by atoms with van der Waals surface area (Å²) in [6, 6.07) is 23.6.